The second kappa shape index (κ2) is 8.31. The van der Waals surface area contributed by atoms with Gasteiger partial charge in [-0.3, -0.25) is 0 Å². The van der Waals surface area contributed by atoms with Crippen LogP contribution in [0.5, 0.6) is 11.5 Å². The molecule has 1 aliphatic rings. The lowest BCUT2D eigenvalue weighted by Gasteiger charge is -2.12. The highest BCUT2D eigenvalue weighted by molar-refractivity contribution is 14.1. The van der Waals surface area contributed by atoms with E-state index in [-0.39, 0.29) is 6.79 Å². The second-order valence-electron chi connectivity index (χ2n) is 7.44. The first-order valence-electron chi connectivity index (χ1n) is 9.73. The Hall–Kier alpha value is -2.14. The van der Waals surface area contributed by atoms with E-state index in [0.29, 0.717) is 29.6 Å². The molecule has 0 saturated heterocycles. The molecule has 0 radical (unpaired) electrons. The fourth-order valence-corrected chi connectivity index (χ4v) is 4.07. The van der Waals surface area contributed by atoms with Gasteiger partial charge in [0.1, 0.15) is 11.6 Å². The zero-order valence-corrected chi connectivity index (χ0v) is 19.0. The third-order valence-electron chi connectivity index (χ3n) is 4.81. The number of hydrogen-bond acceptors (Lipinski definition) is 7. The highest BCUT2D eigenvalue weighted by atomic mass is 127. The molecule has 0 aliphatic carbocycles. The summed E-state index contributed by atoms with van der Waals surface area (Å²) in [4.78, 5) is 13.7. The van der Waals surface area contributed by atoms with Crippen LogP contribution in [0.4, 0.5) is 5.82 Å². The maximum absolute atomic E-state index is 6.15. The molecule has 8 nitrogen and oxygen atoms in total. The predicted molar refractivity (Wildman–Crippen MR) is 120 cm³/mol. The minimum Gasteiger partial charge on any atom is -0.454 e. The number of nitrogens with one attached hydrogen (secondary N) is 1. The van der Waals surface area contributed by atoms with Gasteiger partial charge in [-0.15, -0.1) is 0 Å². The summed E-state index contributed by atoms with van der Waals surface area (Å²) in [7, 11) is 0. The summed E-state index contributed by atoms with van der Waals surface area (Å²) in [5, 5.41) is 3.46. The number of benzene rings is 1. The van der Waals surface area contributed by atoms with Crippen molar-refractivity contribution in [2.45, 2.75) is 46.2 Å². The van der Waals surface area contributed by atoms with E-state index >= 15 is 0 Å². The summed E-state index contributed by atoms with van der Waals surface area (Å²) in [5.41, 5.74) is 8.75. The zero-order chi connectivity index (χ0) is 20.5. The van der Waals surface area contributed by atoms with Crippen molar-refractivity contribution in [2.24, 2.45) is 0 Å². The highest BCUT2D eigenvalue weighted by Crippen LogP contribution is 2.36. The van der Waals surface area contributed by atoms with Gasteiger partial charge in [-0.2, -0.15) is 0 Å². The number of fused-ring (bicyclic) bond motifs is 2. The van der Waals surface area contributed by atoms with Gasteiger partial charge in [-0.05, 0) is 60.2 Å². The molecular formula is C20H25IN6O2. The molecule has 0 saturated carbocycles. The standard InChI is InChI=1S/C20H25IN6O2/c1-11(2)23-5-4-6-27-17(26-18-19(22)24-12(3)25-20(18)27)8-13-7-15-16(9-14(13)21)29-10-28-15/h7,9,11,23H,4-6,8,10H2,1-3H3,(H2,22,24,25). The van der Waals surface area contributed by atoms with Crippen LogP contribution in [-0.4, -0.2) is 38.9 Å². The van der Waals surface area contributed by atoms with Crippen molar-refractivity contribution in [3.8, 4) is 11.5 Å². The Bertz CT molecular complexity index is 1050. The first kappa shape index (κ1) is 20.1. The van der Waals surface area contributed by atoms with Crippen LogP contribution in [-0.2, 0) is 13.0 Å². The summed E-state index contributed by atoms with van der Waals surface area (Å²) in [6, 6.07) is 4.51. The fraction of sp³-hybridized carbons (Fsp3) is 0.450. The van der Waals surface area contributed by atoms with Crippen LogP contribution in [0.2, 0.25) is 0 Å². The maximum Gasteiger partial charge on any atom is 0.231 e. The first-order chi connectivity index (χ1) is 13.9. The van der Waals surface area contributed by atoms with Gasteiger partial charge in [0.15, 0.2) is 28.5 Å². The minimum absolute atomic E-state index is 0.266. The Kier molecular flexibility index (Phi) is 5.77. The molecule has 2 aromatic heterocycles. The molecule has 3 N–H and O–H groups in total. The number of halogens is 1. The molecule has 3 heterocycles. The van der Waals surface area contributed by atoms with Crippen LogP contribution in [0.1, 0.15) is 37.5 Å². The number of aryl methyl sites for hydroxylation is 2. The number of nitrogens with zero attached hydrogens (tertiary/aromatic N) is 4. The summed E-state index contributed by atoms with van der Waals surface area (Å²) in [6.07, 6.45) is 1.62. The van der Waals surface area contributed by atoms with E-state index in [0.717, 1.165) is 51.6 Å². The molecule has 0 unspecified atom stereocenters. The van der Waals surface area contributed by atoms with Gasteiger partial charge in [0.2, 0.25) is 6.79 Å². The number of nitrogens with two attached hydrogens (primary N) is 1. The van der Waals surface area contributed by atoms with Crippen molar-refractivity contribution in [3.63, 3.8) is 0 Å². The summed E-state index contributed by atoms with van der Waals surface area (Å²) in [6.45, 7) is 8.16. The maximum atomic E-state index is 6.15. The third-order valence-corrected chi connectivity index (χ3v) is 5.82. The SMILES string of the molecule is Cc1nc(N)c2nc(Cc3cc4c(cc3I)OCO4)n(CCCNC(C)C)c2n1. The van der Waals surface area contributed by atoms with Crippen molar-refractivity contribution in [1.82, 2.24) is 24.8 Å². The van der Waals surface area contributed by atoms with Crippen LogP contribution in [0.25, 0.3) is 11.2 Å². The Morgan fingerprint density at radius 1 is 1.21 bits per heavy atom. The van der Waals surface area contributed by atoms with Crippen LogP contribution in [0.15, 0.2) is 12.1 Å². The average Bonchev–Trinajstić information content (AvgIpc) is 3.23. The molecule has 4 rings (SSSR count). The van der Waals surface area contributed by atoms with Gasteiger partial charge in [-0.1, -0.05) is 13.8 Å². The Balaban J connectivity index is 1.69. The fourth-order valence-electron chi connectivity index (χ4n) is 3.44. The molecule has 3 aromatic rings. The normalized spacial score (nSPS) is 13.0. The van der Waals surface area contributed by atoms with E-state index in [2.05, 4.69) is 56.3 Å². The van der Waals surface area contributed by atoms with Gasteiger partial charge < -0.3 is 25.1 Å². The Labute approximate surface area is 183 Å². The third kappa shape index (κ3) is 4.25. The lowest BCUT2D eigenvalue weighted by molar-refractivity contribution is 0.174. The highest BCUT2D eigenvalue weighted by Gasteiger charge is 2.20. The number of ether oxygens (including phenoxy) is 2. The number of anilines is 1. The predicted octanol–water partition coefficient (Wildman–Crippen LogP) is 3.03. The van der Waals surface area contributed by atoms with Crippen molar-refractivity contribution in [1.29, 1.82) is 0 Å². The molecule has 0 atom stereocenters. The Morgan fingerprint density at radius 2 is 1.97 bits per heavy atom. The van der Waals surface area contributed by atoms with E-state index in [1.165, 1.54) is 0 Å². The summed E-state index contributed by atoms with van der Waals surface area (Å²) in [5.74, 6) is 3.57. The molecule has 0 amide bonds. The van der Waals surface area contributed by atoms with Gasteiger partial charge in [0, 0.05) is 22.6 Å². The molecule has 9 heteroatoms. The molecule has 0 fully saturated rings. The van der Waals surface area contributed by atoms with E-state index in [1.54, 1.807) is 0 Å². The first-order valence-corrected chi connectivity index (χ1v) is 10.8. The topological polar surface area (TPSA) is 100 Å². The van der Waals surface area contributed by atoms with Crippen LogP contribution >= 0.6 is 22.6 Å². The second-order valence-corrected chi connectivity index (χ2v) is 8.61. The summed E-state index contributed by atoms with van der Waals surface area (Å²) >= 11 is 2.33. The van der Waals surface area contributed by atoms with Crippen molar-refractivity contribution >= 4 is 39.6 Å². The van der Waals surface area contributed by atoms with Crippen LogP contribution in [0.3, 0.4) is 0 Å². The van der Waals surface area contributed by atoms with Gasteiger partial charge in [0.25, 0.3) is 0 Å². The van der Waals surface area contributed by atoms with E-state index in [1.807, 2.05) is 19.1 Å². The lowest BCUT2D eigenvalue weighted by atomic mass is 10.1. The average molecular weight is 508 g/mol. The minimum atomic E-state index is 0.266. The van der Waals surface area contributed by atoms with E-state index < -0.39 is 0 Å². The van der Waals surface area contributed by atoms with Gasteiger partial charge in [0.05, 0.1) is 0 Å². The van der Waals surface area contributed by atoms with Crippen molar-refractivity contribution in [3.05, 3.63) is 32.9 Å². The number of hydrogen-bond donors (Lipinski definition) is 2. The van der Waals surface area contributed by atoms with Gasteiger partial charge in [-0.25, -0.2) is 15.0 Å². The van der Waals surface area contributed by atoms with E-state index in [4.69, 9.17) is 20.2 Å². The monoisotopic (exact) mass is 508 g/mol. The molecule has 0 bridgehead atoms. The van der Waals surface area contributed by atoms with Crippen LogP contribution < -0.4 is 20.5 Å². The molecule has 0 spiro atoms. The van der Waals surface area contributed by atoms with Gasteiger partial charge >= 0.3 is 0 Å². The number of aromatic nitrogens is 4. The summed E-state index contributed by atoms with van der Waals surface area (Å²) < 4.78 is 14.3. The van der Waals surface area contributed by atoms with Crippen LogP contribution in [0, 0.1) is 10.5 Å². The van der Waals surface area contributed by atoms with Crippen molar-refractivity contribution in [2.75, 3.05) is 19.1 Å². The lowest BCUT2D eigenvalue weighted by Crippen LogP contribution is -2.24. The number of nitrogen functional groups attached to an aromatic ring is 1. The molecule has 1 aromatic carbocycles. The number of imidazole rings is 1. The zero-order valence-electron chi connectivity index (χ0n) is 16.8. The molecule has 154 valence electrons. The largest absolute Gasteiger partial charge is 0.454 e. The van der Waals surface area contributed by atoms with E-state index in [9.17, 15) is 0 Å². The molecular weight excluding hydrogens is 483 g/mol. The Morgan fingerprint density at radius 3 is 2.72 bits per heavy atom. The van der Waals surface area contributed by atoms with Crippen molar-refractivity contribution < 1.29 is 9.47 Å². The molecule has 29 heavy (non-hydrogen) atoms. The quantitative estimate of drug-likeness (QED) is 0.374. The smallest absolute Gasteiger partial charge is 0.231 e. The molecule has 1 aliphatic heterocycles. The number of rotatable bonds is 7.